The fraction of sp³-hybridized carbons (Fsp3) is 0.368. The van der Waals surface area contributed by atoms with Crippen LogP contribution in [0.15, 0.2) is 24.3 Å². The van der Waals surface area contributed by atoms with Crippen LogP contribution in [-0.2, 0) is 18.3 Å². The third kappa shape index (κ3) is 3.55. The summed E-state index contributed by atoms with van der Waals surface area (Å²) in [7, 11) is 0. The van der Waals surface area contributed by atoms with Gasteiger partial charge in [0.1, 0.15) is 0 Å². The third-order valence-electron chi connectivity index (χ3n) is 4.94. The molecule has 2 aromatic carbocycles. The van der Waals surface area contributed by atoms with Gasteiger partial charge in [0.2, 0.25) is 0 Å². The number of nitro groups is 2. The van der Waals surface area contributed by atoms with Crippen molar-refractivity contribution >= 4 is 11.4 Å². The number of benzene rings is 2. The van der Waals surface area contributed by atoms with E-state index < -0.39 is 26.6 Å². The van der Waals surface area contributed by atoms with Crippen molar-refractivity contribution in [1.29, 1.82) is 0 Å². The highest BCUT2D eigenvalue weighted by atomic mass is 16.6. The Labute approximate surface area is 156 Å². The molecule has 0 heterocycles. The minimum Gasteiger partial charge on any atom is -0.502 e. The highest BCUT2D eigenvalue weighted by molar-refractivity contribution is 5.59. The van der Waals surface area contributed by atoms with Gasteiger partial charge in [0, 0.05) is 28.7 Å². The standard InChI is InChI=1S/C19H22N2O6/c1-5-11-7-13(9-15(17(11)22)20(24)25)19(3,4)14-8-12(6-2)18(23)16(10-14)21(26)27/h7-10,22-23H,5-6H2,1-4H3. The summed E-state index contributed by atoms with van der Waals surface area (Å²) in [5, 5.41) is 42.8. The molecule has 2 rings (SSSR count). The van der Waals surface area contributed by atoms with Crippen LogP contribution in [0.5, 0.6) is 11.5 Å². The predicted molar refractivity (Wildman–Crippen MR) is 100 cm³/mol. The molecular formula is C19H22N2O6. The van der Waals surface area contributed by atoms with Gasteiger partial charge in [-0.1, -0.05) is 39.8 Å². The summed E-state index contributed by atoms with van der Waals surface area (Å²) in [6.07, 6.45) is 0.791. The average Bonchev–Trinajstić information content (AvgIpc) is 2.61. The molecule has 0 spiro atoms. The molecule has 2 aromatic rings. The van der Waals surface area contributed by atoms with Gasteiger partial charge in [0.25, 0.3) is 0 Å². The number of phenolic OH excluding ortho intramolecular Hbond substituents is 2. The van der Waals surface area contributed by atoms with E-state index in [4.69, 9.17) is 0 Å². The van der Waals surface area contributed by atoms with Gasteiger partial charge in [-0.05, 0) is 24.0 Å². The number of phenols is 2. The van der Waals surface area contributed by atoms with Gasteiger partial charge < -0.3 is 10.2 Å². The molecular weight excluding hydrogens is 352 g/mol. The van der Waals surface area contributed by atoms with E-state index in [-0.39, 0.29) is 11.5 Å². The van der Waals surface area contributed by atoms with Crippen molar-refractivity contribution in [1.82, 2.24) is 0 Å². The molecule has 8 nitrogen and oxygen atoms in total. The van der Waals surface area contributed by atoms with Crippen molar-refractivity contribution in [3.8, 4) is 11.5 Å². The van der Waals surface area contributed by atoms with Crippen molar-refractivity contribution in [3.63, 3.8) is 0 Å². The smallest absolute Gasteiger partial charge is 0.311 e. The second kappa shape index (κ2) is 7.22. The average molecular weight is 374 g/mol. The molecule has 0 atom stereocenters. The van der Waals surface area contributed by atoms with Gasteiger partial charge in [0.05, 0.1) is 9.85 Å². The van der Waals surface area contributed by atoms with E-state index in [0.717, 1.165) is 0 Å². The molecule has 0 unspecified atom stereocenters. The zero-order valence-electron chi connectivity index (χ0n) is 15.6. The van der Waals surface area contributed by atoms with Crippen LogP contribution in [0.1, 0.15) is 49.9 Å². The molecule has 0 bridgehead atoms. The zero-order valence-corrected chi connectivity index (χ0v) is 15.6. The maximum absolute atomic E-state index is 11.3. The minimum absolute atomic E-state index is 0.368. The lowest BCUT2D eigenvalue weighted by Gasteiger charge is -2.27. The normalized spacial score (nSPS) is 11.4. The first kappa shape index (κ1) is 20.2. The molecule has 0 aromatic heterocycles. The lowest BCUT2D eigenvalue weighted by atomic mass is 9.76. The number of hydrogen-bond donors (Lipinski definition) is 2. The van der Waals surface area contributed by atoms with Crippen LogP contribution < -0.4 is 0 Å². The van der Waals surface area contributed by atoms with E-state index in [1.54, 1.807) is 39.8 Å². The largest absolute Gasteiger partial charge is 0.502 e. The summed E-state index contributed by atoms with van der Waals surface area (Å²) in [6.45, 7) is 7.13. The van der Waals surface area contributed by atoms with E-state index in [2.05, 4.69) is 0 Å². The van der Waals surface area contributed by atoms with Crippen molar-refractivity contribution in [2.45, 2.75) is 46.0 Å². The van der Waals surface area contributed by atoms with Crippen molar-refractivity contribution in [3.05, 3.63) is 66.7 Å². The first-order valence-electron chi connectivity index (χ1n) is 8.56. The fourth-order valence-corrected chi connectivity index (χ4v) is 3.06. The number of nitro benzene ring substituents is 2. The summed E-state index contributed by atoms with van der Waals surface area (Å²) in [5.41, 5.74) is 0.317. The Balaban J connectivity index is 2.76. The maximum Gasteiger partial charge on any atom is 0.311 e. The van der Waals surface area contributed by atoms with Gasteiger partial charge in [-0.25, -0.2) is 0 Å². The van der Waals surface area contributed by atoms with Crippen molar-refractivity contribution < 1.29 is 20.1 Å². The molecule has 144 valence electrons. The number of aryl methyl sites for hydroxylation is 2. The van der Waals surface area contributed by atoms with Gasteiger partial charge >= 0.3 is 11.4 Å². The van der Waals surface area contributed by atoms with Crippen LogP contribution in [0.25, 0.3) is 0 Å². The highest BCUT2D eigenvalue weighted by Crippen LogP contribution is 2.42. The van der Waals surface area contributed by atoms with E-state index in [1.807, 2.05) is 0 Å². The van der Waals surface area contributed by atoms with Crippen molar-refractivity contribution in [2.24, 2.45) is 0 Å². The zero-order chi connectivity index (χ0) is 20.5. The van der Waals surface area contributed by atoms with Crippen molar-refractivity contribution in [2.75, 3.05) is 0 Å². The second-order valence-electron chi connectivity index (χ2n) is 6.85. The lowest BCUT2D eigenvalue weighted by Crippen LogP contribution is -2.20. The molecule has 27 heavy (non-hydrogen) atoms. The molecule has 0 saturated carbocycles. The Hall–Kier alpha value is -3.16. The topological polar surface area (TPSA) is 127 Å². The number of aromatic hydroxyl groups is 2. The molecule has 0 aliphatic heterocycles. The van der Waals surface area contributed by atoms with Crippen LogP contribution in [-0.4, -0.2) is 20.1 Å². The summed E-state index contributed by atoms with van der Waals surface area (Å²) in [6, 6.07) is 5.93. The fourth-order valence-electron chi connectivity index (χ4n) is 3.06. The highest BCUT2D eigenvalue weighted by Gasteiger charge is 2.31. The first-order chi connectivity index (χ1) is 12.5. The maximum atomic E-state index is 11.3. The first-order valence-corrected chi connectivity index (χ1v) is 8.56. The van der Waals surface area contributed by atoms with Crippen LogP contribution >= 0.6 is 0 Å². The summed E-state index contributed by atoms with van der Waals surface area (Å²) in [5.74, 6) is -0.735. The lowest BCUT2D eigenvalue weighted by molar-refractivity contribution is -0.386. The molecule has 0 fully saturated rings. The Morgan fingerprint density at radius 1 is 0.815 bits per heavy atom. The van der Waals surface area contributed by atoms with Gasteiger partial charge in [-0.3, -0.25) is 20.2 Å². The SMILES string of the molecule is CCc1cc(C(C)(C)c2cc(CC)c(O)c([N+](=O)[O-])c2)cc([N+](=O)[O-])c1O. The van der Waals surface area contributed by atoms with E-state index in [9.17, 15) is 30.4 Å². The van der Waals surface area contributed by atoms with Crippen LogP contribution in [0.2, 0.25) is 0 Å². The number of nitrogens with zero attached hydrogens (tertiary/aromatic N) is 2. The molecule has 0 aliphatic rings. The molecule has 0 amide bonds. The van der Waals surface area contributed by atoms with Gasteiger partial charge in [0.15, 0.2) is 11.5 Å². The monoisotopic (exact) mass is 374 g/mol. The van der Waals surface area contributed by atoms with E-state index >= 15 is 0 Å². The second-order valence-corrected chi connectivity index (χ2v) is 6.85. The van der Waals surface area contributed by atoms with E-state index in [1.165, 1.54) is 12.1 Å². The van der Waals surface area contributed by atoms with Gasteiger partial charge in [-0.15, -0.1) is 0 Å². The molecule has 0 saturated heterocycles. The Kier molecular flexibility index (Phi) is 5.39. The molecule has 8 heteroatoms. The van der Waals surface area contributed by atoms with E-state index in [0.29, 0.717) is 35.1 Å². The Morgan fingerprint density at radius 2 is 1.15 bits per heavy atom. The number of rotatable bonds is 6. The molecule has 2 N–H and O–H groups in total. The van der Waals surface area contributed by atoms with Gasteiger partial charge in [-0.2, -0.15) is 0 Å². The summed E-state index contributed by atoms with van der Waals surface area (Å²) >= 11 is 0. The predicted octanol–water partition coefficient (Wildman–Crippen LogP) is 4.36. The molecule has 0 radical (unpaired) electrons. The van der Waals surface area contributed by atoms with Crippen LogP contribution in [0, 0.1) is 20.2 Å². The Morgan fingerprint density at radius 3 is 1.41 bits per heavy atom. The third-order valence-corrected chi connectivity index (χ3v) is 4.94. The van der Waals surface area contributed by atoms with Crippen LogP contribution in [0.4, 0.5) is 11.4 Å². The quantitative estimate of drug-likeness (QED) is 0.571. The number of hydrogen-bond acceptors (Lipinski definition) is 6. The minimum atomic E-state index is -0.829. The summed E-state index contributed by atoms with van der Waals surface area (Å²) in [4.78, 5) is 21.3. The van der Waals surface area contributed by atoms with Crippen LogP contribution in [0.3, 0.4) is 0 Å². The molecule has 0 aliphatic carbocycles. The summed E-state index contributed by atoms with van der Waals surface area (Å²) < 4.78 is 0. The Bertz CT molecular complexity index is 847.